The molecule has 0 saturated carbocycles. The molecule has 0 bridgehead atoms. The maximum absolute atomic E-state index is 11.5. The maximum Gasteiger partial charge on any atom is 0.280 e. The number of hydrogen-bond donors (Lipinski definition) is 1. The van der Waals surface area contributed by atoms with Gasteiger partial charge in [-0.15, -0.1) is 0 Å². The van der Waals surface area contributed by atoms with E-state index >= 15 is 0 Å². The molecule has 0 spiro atoms. The topological polar surface area (TPSA) is 29.1 Å². The Labute approximate surface area is 90.5 Å². The van der Waals surface area contributed by atoms with Crippen LogP contribution in [0.1, 0.15) is 40.0 Å². The second-order valence-corrected chi connectivity index (χ2v) is 5.89. The zero-order chi connectivity index (χ0) is 10.6. The van der Waals surface area contributed by atoms with Crippen molar-refractivity contribution >= 4 is 17.0 Å². The molecule has 1 unspecified atom stereocenters. The summed E-state index contributed by atoms with van der Waals surface area (Å²) in [5, 5.41) is 3.43. The van der Waals surface area contributed by atoms with Crippen LogP contribution < -0.4 is 5.32 Å². The zero-order valence-electron chi connectivity index (χ0n) is 9.17. The standard InChI is InChI=1S/C11H19NOS/c1-11(2,3)12-10(13)14-9-7-5-4-6-8-9/h5,7,9H,4,6,8H2,1-3H3,(H,12,13). The second kappa shape index (κ2) is 4.87. The monoisotopic (exact) mass is 213 g/mol. The second-order valence-electron chi connectivity index (χ2n) is 4.68. The molecule has 1 rings (SSSR count). The number of carbonyl (C=O) groups is 1. The van der Waals surface area contributed by atoms with Crippen molar-refractivity contribution in [3.8, 4) is 0 Å². The number of carbonyl (C=O) groups excluding carboxylic acids is 1. The van der Waals surface area contributed by atoms with E-state index in [0.717, 1.165) is 12.8 Å². The molecule has 2 nitrogen and oxygen atoms in total. The highest BCUT2D eigenvalue weighted by Crippen LogP contribution is 2.24. The SMILES string of the molecule is CC(C)(C)NC(=O)SC1C=CCCC1. The summed E-state index contributed by atoms with van der Waals surface area (Å²) in [6.45, 7) is 6.01. The molecule has 0 fully saturated rings. The van der Waals surface area contributed by atoms with Crippen molar-refractivity contribution in [3.63, 3.8) is 0 Å². The van der Waals surface area contributed by atoms with Crippen molar-refractivity contribution in [1.82, 2.24) is 5.32 Å². The van der Waals surface area contributed by atoms with E-state index in [1.165, 1.54) is 18.2 Å². The van der Waals surface area contributed by atoms with Crippen LogP contribution in [-0.2, 0) is 0 Å². The zero-order valence-corrected chi connectivity index (χ0v) is 9.99. The molecule has 0 saturated heterocycles. The van der Waals surface area contributed by atoms with Crippen LogP contribution in [0, 0.1) is 0 Å². The Morgan fingerprint density at radius 3 is 2.71 bits per heavy atom. The van der Waals surface area contributed by atoms with E-state index in [1.807, 2.05) is 20.8 Å². The molecule has 0 aliphatic heterocycles. The average Bonchev–Trinajstić information content (AvgIpc) is 2.02. The van der Waals surface area contributed by atoms with Crippen LogP contribution in [0.15, 0.2) is 12.2 Å². The van der Waals surface area contributed by atoms with Crippen LogP contribution >= 0.6 is 11.8 Å². The van der Waals surface area contributed by atoms with E-state index in [9.17, 15) is 4.79 Å². The van der Waals surface area contributed by atoms with Crippen molar-refractivity contribution in [2.75, 3.05) is 0 Å². The fourth-order valence-electron chi connectivity index (χ4n) is 1.35. The molecule has 1 amide bonds. The molecule has 1 aliphatic carbocycles. The lowest BCUT2D eigenvalue weighted by Gasteiger charge is -2.22. The largest absolute Gasteiger partial charge is 0.342 e. The van der Waals surface area contributed by atoms with Gasteiger partial charge in [0.15, 0.2) is 0 Å². The van der Waals surface area contributed by atoms with Gasteiger partial charge in [-0.25, -0.2) is 0 Å². The quantitative estimate of drug-likeness (QED) is 0.677. The van der Waals surface area contributed by atoms with Crippen molar-refractivity contribution < 1.29 is 4.79 Å². The minimum atomic E-state index is -0.123. The molecular weight excluding hydrogens is 194 g/mol. The molecule has 0 aromatic heterocycles. The van der Waals surface area contributed by atoms with Gasteiger partial charge in [0.05, 0.1) is 0 Å². The molecule has 0 heterocycles. The van der Waals surface area contributed by atoms with Gasteiger partial charge in [-0.1, -0.05) is 23.9 Å². The summed E-state index contributed by atoms with van der Waals surface area (Å²) in [5.41, 5.74) is -0.123. The van der Waals surface area contributed by atoms with Gasteiger partial charge in [-0.05, 0) is 40.0 Å². The lowest BCUT2D eigenvalue weighted by atomic mass is 10.1. The van der Waals surface area contributed by atoms with Crippen LogP contribution in [0.4, 0.5) is 4.79 Å². The molecule has 1 atom stereocenters. The molecule has 0 aromatic rings. The lowest BCUT2D eigenvalue weighted by Crippen LogP contribution is -2.39. The molecule has 14 heavy (non-hydrogen) atoms. The molecular formula is C11H19NOS. The van der Waals surface area contributed by atoms with E-state index < -0.39 is 0 Å². The summed E-state index contributed by atoms with van der Waals surface area (Å²) in [4.78, 5) is 11.5. The Kier molecular flexibility index (Phi) is 4.05. The number of hydrogen-bond acceptors (Lipinski definition) is 2. The molecule has 0 radical (unpaired) electrons. The lowest BCUT2D eigenvalue weighted by molar-refractivity contribution is 0.253. The van der Waals surface area contributed by atoms with Gasteiger partial charge in [0.1, 0.15) is 0 Å². The molecule has 1 N–H and O–H groups in total. The predicted octanol–water partition coefficient (Wildman–Crippen LogP) is 3.34. The Morgan fingerprint density at radius 2 is 2.21 bits per heavy atom. The average molecular weight is 213 g/mol. The summed E-state index contributed by atoms with van der Waals surface area (Å²) in [6, 6.07) is 0. The minimum absolute atomic E-state index is 0.0917. The third-order valence-corrected chi connectivity index (χ3v) is 2.96. The number of nitrogens with one attached hydrogen (secondary N) is 1. The first-order valence-electron chi connectivity index (χ1n) is 5.13. The number of rotatable bonds is 1. The summed E-state index contributed by atoms with van der Waals surface area (Å²) >= 11 is 1.41. The third kappa shape index (κ3) is 4.70. The number of allylic oxidation sites excluding steroid dienone is 1. The molecule has 0 aromatic carbocycles. The van der Waals surface area contributed by atoms with E-state index in [0.29, 0.717) is 5.25 Å². The minimum Gasteiger partial charge on any atom is -0.342 e. The van der Waals surface area contributed by atoms with Crippen molar-refractivity contribution in [3.05, 3.63) is 12.2 Å². The Hall–Kier alpha value is -0.440. The van der Waals surface area contributed by atoms with E-state index in [4.69, 9.17) is 0 Å². The summed E-state index contributed by atoms with van der Waals surface area (Å²) in [7, 11) is 0. The van der Waals surface area contributed by atoms with Gasteiger partial charge >= 0.3 is 0 Å². The van der Waals surface area contributed by atoms with Crippen LogP contribution in [0.25, 0.3) is 0 Å². The van der Waals surface area contributed by atoms with Gasteiger partial charge in [-0.3, -0.25) is 4.79 Å². The van der Waals surface area contributed by atoms with Crippen LogP contribution in [-0.4, -0.2) is 16.0 Å². The van der Waals surface area contributed by atoms with Gasteiger partial charge in [0.2, 0.25) is 0 Å². The van der Waals surface area contributed by atoms with Gasteiger partial charge in [0, 0.05) is 10.8 Å². The Bertz CT molecular complexity index is 230. The summed E-state index contributed by atoms with van der Waals surface area (Å²) in [6.07, 6.45) is 7.82. The predicted molar refractivity (Wildman–Crippen MR) is 62.7 cm³/mol. The normalized spacial score (nSPS) is 22.1. The highest BCUT2D eigenvalue weighted by molar-refractivity contribution is 8.14. The van der Waals surface area contributed by atoms with E-state index in [2.05, 4.69) is 17.5 Å². The Morgan fingerprint density at radius 1 is 1.50 bits per heavy atom. The Balaban J connectivity index is 2.33. The summed E-state index contributed by atoms with van der Waals surface area (Å²) < 4.78 is 0. The van der Waals surface area contributed by atoms with Gasteiger partial charge in [0.25, 0.3) is 5.24 Å². The fourth-order valence-corrected chi connectivity index (χ4v) is 2.47. The fraction of sp³-hybridized carbons (Fsp3) is 0.727. The smallest absolute Gasteiger partial charge is 0.280 e. The highest BCUT2D eigenvalue weighted by Gasteiger charge is 2.18. The maximum atomic E-state index is 11.5. The van der Waals surface area contributed by atoms with Gasteiger partial charge < -0.3 is 5.32 Å². The van der Waals surface area contributed by atoms with E-state index in [-0.39, 0.29) is 10.8 Å². The van der Waals surface area contributed by atoms with Crippen molar-refractivity contribution in [2.45, 2.75) is 50.8 Å². The first-order valence-corrected chi connectivity index (χ1v) is 6.01. The van der Waals surface area contributed by atoms with Crippen molar-refractivity contribution in [1.29, 1.82) is 0 Å². The summed E-state index contributed by atoms with van der Waals surface area (Å²) in [5.74, 6) is 0. The van der Waals surface area contributed by atoms with Crippen LogP contribution in [0.3, 0.4) is 0 Å². The molecule has 3 heteroatoms. The van der Waals surface area contributed by atoms with Crippen molar-refractivity contribution in [2.24, 2.45) is 0 Å². The van der Waals surface area contributed by atoms with Crippen LogP contribution in [0.2, 0.25) is 0 Å². The molecule has 1 aliphatic rings. The van der Waals surface area contributed by atoms with Crippen LogP contribution in [0.5, 0.6) is 0 Å². The third-order valence-electron chi connectivity index (χ3n) is 1.95. The number of amides is 1. The molecule has 80 valence electrons. The van der Waals surface area contributed by atoms with Gasteiger partial charge in [-0.2, -0.15) is 0 Å². The first-order chi connectivity index (χ1) is 6.47. The number of thioether (sulfide) groups is 1. The van der Waals surface area contributed by atoms with E-state index in [1.54, 1.807) is 0 Å². The highest BCUT2D eigenvalue weighted by atomic mass is 32.2. The first kappa shape index (κ1) is 11.6.